The van der Waals surface area contributed by atoms with Crippen LogP contribution < -0.4 is 5.73 Å². The minimum atomic E-state index is 0.713. The first-order valence-corrected chi connectivity index (χ1v) is 5.48. The molecule has 0 spiro atoms. The van der Waals surface area contributed by atoms with Gasteiger partial charge in [-0.2, -0.15) is 0 Å². The highest BCUT2D eigenvalue weighted by Crippen LogP contribution is 2.09. The third-order valence-electron chi connectivity index (χ3n) is 2.07. The molecule has 3 nitrogen and oxygen atoms in total. The fraction of sp³-hybridized carbons (Fsp3) is 0.300. The van der Waals surface area contributed by atoms with Crippen molar-refractivity contribution in [2.75, 3.05) is 6.54 Å². The second-order valence-electron chi connectivity index (χ2n) is 3.20. The maximum absolute atomic E-state index is 5.49. The van der Waals surface area contributed by atoms with Crippen LogP contribution in [-0.4, -0.2) is 16.1 Å². The third kappa shape index (κ3) is 2.21. The lowest BCUT2D eigenvalue weighted by Gasteiger charge is -1.98. The Morgan fingerprint density at radius 3 is 3.14 bits per heavy atom. The maximum Gasteiger partial charge on any atom is 0.0794 e. The molecule has 4 heteroatoms. The van der Waals surface area contributed by atoms with Crippen LogP contribution in [0.2, 0.25) is 0 Å². The second-order valence-corrected chi connectivity index (χ2v) is 4.17. The molecule has 0 atom stereocenters. The van der Waals surface area contributed by atoms with Gasteiger partial charge in [-0.3, -0.25) is 4.98 Å². The Hall–Kier alpha value is -1.13. The van der Waals surface area contributed by atoms with Crippen LogP contribution in [0.15, 0.2) is 30.2 Å². The monoisotopic (exact) mass is 207 g/mol. The van der Waals surface area contributed by atoms with Crippen LogP contribution in [0.25, 0.3) is 0 Å². The summed E-state index contributed by atoms with van der Waals surface area (Å²) in [6.07, 6.45) is 7.10. The predicted molar refractivity (Wildman–Crippen MR) is 58.4 cm³/mol. The topological polar surface area (TPSA) is 43.8 Å². The summed E-state index contributed by atoms with van der Waals surface area (Å²) >= 11 is 1.68. The largest absolute Gasteiger partial charge is 0.349 e. The molecule has 0 aromatic carbocycles. The molecule has 0 fully saturated rings. The van der Waals surface area contributed by atoms with Crippen molar-refractivity contribution in [3.63, 3.8) is 0 Å². The number of aromatic nitrogens is 2. The molecule has 74 valence electrons. The highest BCUT2D eigenvalue weighted by molar-refractivity contribution is 7.09. The summed E-state index contributed by atoms with van der Waals surface area (Å²) in [5.41, 5.74) is 8.65. The lowest BCUT2D eigenvalue weighted by molar-refractivity contribution is 0.811. The molecule has 0 bridgehead atoms. The van der Waals surface area contributed by atoms with Gasteiger partial charge in [-0.15, -0.1) is 11.3 Å². The van der Waals surface area contributed by atoms with Gasteiger partial charge in [-0.25, -0.2) is 0 Å². The Bertz CT molecular complexity index is 378. The molecule has 2 heterocycles. The van der Waals surface area contributed by atoms with Crippen molar-refractivity contribution in [2.45, 2.75) is 13.0 Å². The number of rotatable bonds is 4. The van der Waals surface area contributed by atoms with Gasteiger partial charge in [0.2, 0.25) is 0 Å². The zero-order valence-corrected chi connectivity index (χ0v) is 8.70. The van der Waals surface area contributed by atoms with E-state index in [4.69, 9.17) is 5.73 Å². The van der Waals surface area contributed by atoms with E-state index in [1.54, 1.807) is 11.3 Å². The van der Waals surface area contributed by atoms with E-state index in [1.807, 2.05) is 11.7 Å². The normalized spacial score (nSPS) is 10.6. The molecule has 0 unspecified atom stereocenters. The summed E-state index contributed by atoms with van der Waals surface area (Å²) in [4.78, 5) is 5.32. The van der Waals surface area contributed by atoms with Crippen LogP contribution in [0.1, 0.15) is 10.4 Å². The quantitative estimate of drug-likeness (QED) is 0.825. The number of hydrogen-bond acceptors (Lipinski definition) is 3. The summed E-state index contributed by atoms with van der Waals surface area (Å²) in [6.45, 7) is 1.62. The number of nitrogens with zero attached hydrogens (tertiary/aromatic N) is 2. The zero-order chi connectivity index (χ0) is 9.80. The van der Waals surface area contributed by atoms with E-state index in [0.29, 0.717) is 6.54 Å². The summed E-state index contributed by atoms with van der Waals surface area (Å²) in [6, 6.07) is 2.12. The van der Waals surface area contributed by atoms with E-state index >= 15 is 0 Å². The second kappa shape index (κ2) is 4.39. The molecule has 14 heavy (non-hydrogen) atoms. The molecule has 0 radical (unpaired) electrons. The van der Waals surface area contributed by atoms with Gasteiger partial charge in [0.25, 0.3) is 0 Å². The van der Waals surface area contributed by atoms with Gasteiger partial charge in [0.15, 0.2) is 0 Å². The first-order chi connectivity index (χ1) is 6.88. The number of hydrogen-bond donors (Lipinski definition) is 1. The van der Waals surface area contributed by atoms with Crippen LogP contribution in [0.4, 0.5) is 0 Å². The highest BCUT2D eigenvalue weighted by atomic mass is 32.1. The van der Waals surface area contributed by atoms with Crippen molar-refractivity contribution in [3.8, 4) is 0 Å². The van der Waals surface area contributed by atoms with Crippen LogP contribution in [-0.2, 0) is 13.0 Å². The Morgan fingerprint density at radius 2 is 2.43 bits per heavy atom. The van der Waals surface area contributed by atoms with Crippen LogP contribution in [0, 0.1) is 0 Å². The van der Waals surface area contributed by atoms with Gasteiger partial charge in [-0.05, 0) is 24.6 Å². The van der Waals surface area contributed by atoms with Crippen LogP contribution >= 0.6 is 11.3 Å². The molecule has 2 rings (SSSR count). The van der Waals surface area contributed by atoms with Gasteiger partial charge in [0.05, 0.1) is 12.1 Å². The minimum absolute atomic E-state index is 0.713. The standard InChI is InChI=1S/C10H13N3S/c11-3-1-9-2-4-13(6-9)7-10-5-12-8-14-10/h2,4-6,8H,1,3,7,11H2. The van der Waals surface area contributed by atoms with Crippen molar-refractivity contribution < 1.29 is 0 Å². The molecule has 2 aromatic heterocycles. The van der Waals surface area contributed by atoms with Crippen molar-refractivity contribution in [2.24, 2.45) is 5.73 Å². The van der Waals surface area contributed by atoms with Gasteiger partial charge in [0, 0.05) is 23.5 Å². The van der Waals surface area contributed by atoms with Crippen molar-refractivity contribution >= 4 is 11.3 Å². The van der Waals surface area contributed by atoms with Crippen LogP contribution in [0.5, 0.6) is 0 Å². The number of thiazole rings is 1. The van der Waals surface area contributed by atoms with E-state index in [0.717, 1.165) is 13.0 Å². The number of nitrogens with two attached hydrogens (primary N) is 1. The van der Waals surface area contributed by atoms with E-state index in [2.05, 4.69) is 28.0 Å². The first-order valence-electron chi connectivity index (χ1n) is 4.60. The van der Waals surface area contributed by atoms with Crippen LogP contribution in [0.3, 0.4) is 0 Å². The summed E-state index contributed by atoms with van der Waals surface area (Å²) < 4.78 is 2.17. The molecule has 2 aromatic rings. The Morgan fingerprint density at radius 1 is 1.50 bits per heavy atom. The summed E-state index contributed by atoms with van der Waals surface area (Å²) in [7, 11) is 0. The van der Waals surface area contributed by atoms with Gasteiger partial charge in [-0.1, -0.05) is 0 Å². The molecule has 0 saturated carbocycles. The summed E-state index contributed by atoms with van der Waals surface area (Å²) in [5.74, 6) is 0. The maximum atomic E-state index is 5.49. The average molecular weight is 207 g/mol. The molecular formula is C10H13N3S. The molecular weight excluding hydrogens is 194 g/mol. The average Bonchev–Trinajstić information content (AvgIpc) is 2.79. The molecule has 0 aliphatic rings. The minimum Gasteiger partial charge on any atom is -0.349 e. The Labute approximate surface area is 87.2 Å². The third-order valence-corrected chi connectivity index (χ3v) is 2.83. The lowest BCUT2D eigenvalue weighted by Crippen LogP contribution is -2.01. The van der Waals surface area contributed by atoms with Crippen molar-refractivity contribution in [1.29, 1.82) is 0 Å². The molecule has 2 N–H and O–H groups in total. The summed E-state index contributed by atoms with van der Waals surface area (Å²) in [5, 5.41) is 0. The predicted octanol–water partition coefficient (Wildman–Crippen LogP) is 1.49. The fourth-order valence-electron chi connectivity index (χ4n) is 1.40. The van der Waals surface area contributed by atoms with E-state index < -0.39 is 0 Å². The Kier molecular flexibility index (Phi) is 2.96. The molecule has 0 aliphatic heterocycles. The fourth-order valence-corrected chi connectivity index (χ4v) is 2.01. The van der Waals surface area contributed by atoms with Gasteiger partial charge >= 0.3 is 0 Å². The molecule has 0 amide bonds. The highest BCUT2D eigenvalue weighted by Gasteiger charge is 1.98. The van der Waals surface area contributed by atoms with Gasteiger partial charge < -0.3 is 10.3 Å². The molecule has 0 saturated heterocycles. The zero-order valence-electron chi connectivity index (χ0n) is 7.89. The van der Waals surface area contributed by atoms with E-state index in [9.17, 15) is 0 Å². The van der Waals surface area contributed by atoms with Crippen molar-refractivity contribution in [1.82, 2.24) is 9.55 Å². The van der Waals surface area contributed by atoms with Crippen molar-refractivity contribution in [3.05, 3.63) is 40.6 Å². The van der Waals surface area contributed by atoms with E-state index in [-0.39, 0.29) is 0 Å². The SMILES string of the molecule is NCCc1ccn(Cc2cncs2)c1. The van der Waals surface area contributed by atoms with Gasteiger partial charge in [0.1, 0.15) is 0 Å². The smallest absolute Gasteiger partial charge is 0.0794 e. The molecule has 0 aliphatic carbocycles. The lowest BCUT2D eigenvalue weighted by atomic mass is 10.2. The Balaban J connectivity index is 2.03. The van der Waals surface area contributed by atoms with E-state index in [1.165, 1.54) is 10.4 Å². The first kappa shape index (κ1) is 9.43.